The summed E-state index contributed by atoms with van der Waals surface area (Å²) in [5, 5.41) is 3.17. The minimum atomic E-state index is -0.368. The Morgan fingerprint density at radius 2 is 1.92 bits per heavy atom. The lowest BCUT2D eigenvalue weighted by molar-refractivity contribution is -0.118. The van der Waals surface area contributed by atoms with Crippen LogP contribution in [0.5, 0.6) is 0 Å². The van der Waals surface area contributed by atoms with E-state index in [9.17, 15) is 9.59 Å². The van der Waals surface area contributed by atoms with E-state index in [-0.39, 0.29) is 17.4 Å². The third-order valence-corrected chi connectivity index (χ3v) is 4.83. The molecule has 0 radical (unpaired) electrons. The van der Waals surface area contributed by atoms with Crippen molar-refractivity contribution in [3.63, 3.8) is 0 Å². The van der Waals surface area contributed by atoms with Crippen molar-refractivity contribution in [2.75, 3.05) is 56.2 Å². The molecule has 0 unspecified atom stereocenters. The number of cyclic esters (lactones) is 1. The Labute approximate surface area is 157 Å². The minimum absolute atomic E-state index is 0.276. The summed E-state index contributed by atoms with van der Waals surface area (Å²) >= 11 is 4.92. The standard InChI is InChI=1S/C17H22N4O4S/c1-24-16(26)18-10-15-11-21(17(23)25-15)14-4-2-13(3-5-14)20-8-6-19(12-22)7-9-20/h2-5,12,15H,6-11H2,1H3,(H,18,26)/t15-/m0/s1. The monoisotopic (exact) mass is 378 g/mol. The van der Waals surface area contributed by atoms with Gasteiger partial charge in [-0.15, -0.1) is 0 Å². The minimum Gasteiger partial charge on any atom is -0.474 e. The van der Waals surface area contributed by atoms with Crippen LogP contribution in [0.3, 0.4) is 0 Å². The van der Waals surface area contributed by atoms with E-state index in [1.165, 1.54) is 7.11 Å². The second-order valence-electron chi connectivity index (χ2n) is 6.13. The van der Waals surface area contributed by atoms with Gasteiger partial charge in [-0.25, -0.2) is 4.79 Å². The fraction of sp³-hybridized carbons (Fsp3) is 0.471. The molecular formula is C17H22N4O4S. The van der Waals surface area contributed by atoms with Crippen molar-refractivity contribution < 1.29 is 19.1 Å². The maximum Gasteiger partial charge on any atom is 0.414 e. The molecule has 140 valence electrons. The second-order valence-corrected chi connectivity index (χ2v) is 6.50. The van der Waals surface area contributed by atoms with Crippen molar-refractivity contribution in [2.45, 2.75) is 6.10 Å². The van der Waals surface area contributed by atoms with Gasteiger partial charge >= 0.3 is 6.09 Å². The number of benzene rings is 1. The lowest BCUT2D eigenvalue weighted by atomic mass is 10.2. The number of anilines is 2. The summed E-state index contributed by atoms with van der Waals surface area (Å²) in [7, 11) is 1.49. The molecule has 3 rings (SSSR count). The number of nitrogens with zero attached hydrogens (tertiary/aromatic N) is 3. The van der Waals surface area contributed by atoms with Gasteiger partial charge in [-0.1, -0.05) is 0 Å². The van der Waals surface area contributed by atoms with E-state index in [0.717, 1.165) is 44.0 Å². The van der Waals surface area contributed by atoms with E-state index >= 15 is 0 Å². The summed E-state index contributed by atoms with van der Waals surface area (Å²) in [5.74, 6) is 0. The van der Waals surface area contributed by atoms with Crippen LogP contribution >= 0.6 is 12.2 Å². The number of piperazine rings is 1. The number of rotatable bonds is 5. The molecule has 8 nitrogen and oxygen atoms in total. The average Bonchev–Trinajstić information content (AvgIpc) is 3.07. The predicted molar refractivity (Wildman–Crippen MR) is 102 cm³/mol. The Kier molecular flexibility index (Phi) is 5.77. The zero-order valence-corrected chi connectivity index (χ0v) is 15.4. The summed E-state index contributed by atoms with van der Waals surface area (Å²) in [4.78, 5) is 28.5. The van der Waals surface area contributed by atoms with Crippen LogP contribution in [0.25, 0.3) is 0 Å². The van der Waals surface area contributed by atoms with E-state index in [1.807, 2.05) is 24.3 Å². The molecule has 2 amide bonds. The van der Waals surface area contributed by atoms with Gasteiger partial charge in [0.1, 0.15) is 6.10 Å². The molecule has 26 heavy (non-hydrogen) atoms. The number of thiocarbonyl (C=S) groups is 1. The van der Waals surface area contributed by atoms with Crippen LogP contribution < -0.4 is 15.1 Å². The van der Waals surface area contributed by atoms with Gasteiger partial charge in [0.15, 0.2) is 0 Å². The van der Waals surface area contributed by atoms with Crippen molar-refractivity contribution in [3.05, 3.63) is 24.3 Å². The molecule has 2 fully saturated rings. The number of hydrogen-bond donors (Lipinski definition) is 1. The highest BCUT2D eigenvalue weighted by Gasteiger charge is 2.32. The second kappa shape index (κ2) is 8.22. The Morgan fingerprint density at radius 3 is 2.54 bits per heavy atom. The first-order chi connectivity index (χ1) is 12.6. The van der Waals surface area contributed by atoms with Crippen LogP contribution in [0.1, 0.15) is 0 Å². The lowest BCUT2D eigenvalue weighted by Crippen LogP contribution is -2.45. The number of nitrogens with one attached hydrogen (secondary N) is 1. The van der Waals surface area contributed by atoms with Gasteiger partial charge in [-0.3, -0.25) is 9.69 Å². The normalized spacial score (nSPS) is 20.0. The van der Waals surface area contributed by atoms with E-state index in [2.05, 4.69) is 10.2 Å². The molecule has 9 heteroatoms. The Balaban J connectivity index is 1.57. The number of ether oxygens (including phenoxy) is 2. The van der Waals surface area contributed by atoms with Gasteiger partial charge in [-0.2, -0.15) is 0 Å². The summed E-state index contributed by atoms with van der Waals surface area (Å²) < 4.78 is 10.2. The van der Waals surface area contributed by atoms with Crippen LogP contribution in [0.15, 0.2) is 24.3 Å². The summed E-state index contributed by atoms with van der Waals surface area (Å²) in [5.41, 5.74) is 1.87. The van der Waals surface area contributed by atoms with Gasteiger partial charge in [0.25, 0.3) is 5.17 Å². The van der Waals surface area contributed by atoms with Gasteiger partial charge < -0.3 is 24.6 Å². The average molecular weight is 378 g/mol. The molecule has 2 saturated heterocycles. The fourth-order valence-corrected chi connectivity index (χ4v) is 3.12. The first kappa shape index (κ1) is 18.2. The van der Waals surface area contributed by atoms with Crippen LogP contribution in [0, 0.1) is 0 Å². The van der Waals surface area contributed by atoms with Gasteiger partial charge in [-0.05, 0) is 36.5 Å². The largest absolute Gasteiger partial charge is 0.474 e. The van der Waals surface area contributed by atoms with E-state index in [0.29, 0.717) is 13.1 Å². The molecule has 2 heterocycles. The van der Waals surface area contributed by atoms with Crippen LogP contribution in [0.4, 0.5) is 16.2 Å². The Morgan fingerprint density at radius 1 is 1.27 bits per heavy atom. The molecule has 1 atom stereocenters. The molecule has 0 saturated carbocycles. The number of carbonyl (C=O) groups excluding carboxylic acids is 2. The van der Waals surface area contributed by atoms with Gasteiger partial charge in [0.05, 0.1) is 20.2 Å². The molecule has 1 aromatic rings. The SMILES string of the molecule is COC(=S)NC[C@H]1CN(c2ccc(N3CCN(C=O)CC3)cc2)C(=O)O1. The van der Waals surface area contributed by atoms with Crippen LogP contribution in [0.2, 0.25) is 0 Å². The third-order valence-electron chi connectivity index (χ3n) is 4.52. The topological polar surface area (TPSA) is 74.4 Å². The molecule has 2 aliphatic rings. The number of methoxy groups -OCH3 is 1. The summed E-state index contributed by atoms with van der Waals surface area (Å²) in [6, 6.07) is 7.81. The predicted octanol–water partition coefficient (Wildman–Crippen LogP) is 0.811. The maximum absolute atomic E-state index is 12.1. The zero-order valence-electron chi connectivity index (χ0n) is 14.6. The van der Waals surface area contributed by atoms with E-state index in [1.54, 1.807) is 9.80 Å². The van der Waals surface area contributed by atoms with Crippen LogP contribution in [-0.2, 0) is 14.3 Å². The molecule has 1 aromatic carbocycles. The van der Waals surface area contributed by atoms with E-state index < -0.39 is 0 Å². The Bertz CT molecular complexity index is 661. The maximum atomic E-state index is 12.1. The summed E-state index contributed by atoms with van der Waals surface area (Å²) in [6.07, 6.45) is 0.239. The number of amides is 2. The molecule has 0 spiro atoms. The summed E-state index contributed by atoms with van der Waals surface area (Å²) in [6.45, 7) is 3.92. The number of carbonyl (C=O) groups is 2. The van der Waals surface area contributed by atoms with Crippen molar-refractivity contribution in [3.8, 4) is 0 Å². The highest BCUT2D eigenvalue weighted by atomic mass is 32.1. The molecule has 0 bridgehead atoms. The van der Waals surface area contributed by atoms with Crippen LogP contribution in [-0.4, -0.2) is 75.1 Å². The molecule has 0 aliphatic carbocycles. The van der Waals surface area contributed by atoms with Crippen molar-refractivity contribution in [1.29, 1.82) is 0 Å². The molecule has 0 aromatic heterocycles. The molecular weight excluding hydrogens is 356 g/mol. The van der Waals surface area contributed by atoms with E-state index in [4.69, 9.17) is 21.7 Å². The lowest BCUT2D eigenvalue weighted by Gasteiger charge is -2.34. The fourth-order valence-electron chi connectivity index (χ4n) is 3.04. The quantitative estimate of drug-likeness (QED) is 0.600. The molecule has 2 aliphatic heterocycles. The molecule has 1 N–H and O–H groups in total. The first-order valence-electron chi connectivity index (χ1n) is 8.45. The van der Waals surface area contributed by atoms with Crippen molar-refractivity contribution in [1.82, 2.24) is 10.2 Å². The highest BCUT2D eigenvalue weighted by Crippen LogP contribution is 2.25. The van der Waals surface area contributed by atoms with Crippen molar-refractivity contribution in [2.24, 2.45) is 0 Å². The third kappa shape index (κ3) is 4.16. The smallest absolute Gasteiger partial charge is 0.414 e. The van der Waals surface area contributed by atoms with Gasteiger partial charge in [0.2, 0.25) is 6.41 Å². The Hall–Kier alpha value is -2.55. The zero-order chi connectivity index (χ0) is 18.5. The number of hydrogen-bond acceptors (Lipinski definition) is 6. The highest BCUT2D eigenvalue weighted by molar-refractivity contribution is 7.80. The first-order valence-corrected chi connectivity index (χ1v) is 8.86. The van der Waals surface area contributed by atoms with Gasteiger partial charge in [0, 0.05) is 37.6 Å². The van der Waals surface area contributed by atoms with Crippen molar-refractivity contribution >= 4 is 41.3 Å².